The van der Waals surface area contributed by atoms with Gasteiger partial charge in [0.05, 0.1) is 0 Å². The lowest BCUT2D eigenvalue weighted by Crippen LogP contribution is -2.28. The highest BCUT2D eigenvalue weighted by Crippen LogP contribution is 2.44. The van der Waals surface area contributed by atoms with Gasteiger partial charge in [0.1, 0.15) is 0 Å². The van der Waals surface area contributed by atoms with E-state index in [1.807, 2.05) is 13.8 Å². The standard InChI is InChI=1S/C3H3F3O2.C3H6O2/c1-2(7-8-2)3(4,5)6;1-3(2)4-5-3/h1H3;1-2H3. The van der Waals surface area contributed by atoms with E-state index in [1.54, 1.807) is 0 Å². The summed E-state index contributed by atoms with van der Waals surface area (Å²) in [5, 5.41) is 0. The van der Waals surface area contributed by atoms with Gasteiger partial charge in [-0.15, -0.1) is 0 Å². The van der Waals surface area contributed by atoms with Crippen LogP contribution < -0.4 is 0 Å². The molecule has 0 spiro atoms. The van der Waals surface area contributed by atoms with Crippen LogP contribution in [-0.2, 0) is 19.6 Å². The average molecular weight is 202 g/mol. The molecule has 2 aliphatic rings. The van der Waals surface area contributed by atoms with Gasteiger partial charge in [-0.05, 0) is 13.8 Å². The second-order valence-electron chi connectivity index (χ2n) is 3.18. The second kappa shape index (κ2) is 2.81. The van der Waals surface area contributed by atoms with Crippen molar-refractivity contribution in [3.8, 4) is 0 Å². The van der Waals surface area contributed by atoms with E-state index in [9.17, 15) is 13.2 Å². The second-order valence-corrected chi connectivity index (χ2v) is 3.18. The Morgan fingerprint density at radius 3 is 1.15 bits per heavy atom. The molecule has 2 fully saturated rings. The van der Waals surface area contributed by atoms with Crippen LogP contribution in [0.1, 0.15) is 20.8 Å². The summed E-state index contributed by atoms with van der Waals surface area (Å²) in [6.07, 6.45) is -4.40. The van der Waals surface area contributed by atoms with Crippen LogP contribution in [0.4, 0.5) is 13.2 Å². The fourth-order valence-corrected chi connectivity index (χ4v) is 0.240. The van der Waals surface area contributed by atoms with E-state index in [0.717, 1.165) is 6.92 Å². The highest BCUT2D eigenvalue weighted by Gasteiger charge is 2.66. The zero-order valence-corrected chi connectivity index (χ0v) is 7.27. The molecule has 2 aliphatic heterocycles. The van der Waals surface area contributed by atoms with Crippen LogP contribution in [-0.4, -0.2) is 17.8 Å². The van der Waals surface area contributed by atoms with Crippen molar-refractivity contribution in [3.63, 3.8) is 0 Å². The Hall–Kier alpha value is -0.370. The zero-order valence-electron chi connectivity index (χ0n) is 7.27. The van der Waals surface area contributed by atoms with Gasteiger partial charge < -0.3 is 0 Å². The van der Waals surface area contributed by atoms with Crippen molar-refractivity contribution in [3.05, 3.63) is 0 Å². The minimum absolute atomic E-state index is 0.250. The van der Waals surface area contributed by atoms with E-state index < -0.39 is 12.0 Å². The van der Waals surface area contributed by atoms with Gasteiger partial charge in [0.15, 0.2) is 0 Å². The Kier molecular flexibility index (Phi) is 2.31. The third kappa shape index (κ3) is 3.11. The van der Waals surface area contributed by atoms with Crippen LogP contribution in [0.3, 0.4) is 0 Å². The molecule has 0 aromatic heterocycles. The molecule has 0 atom stereocenters. The summed E-state index contributed by atoms with van der Waals surface area (Å²) in [6, 6.07) is 0. The highest BCUT2D eigenvalue weighted by molar-refractivity contribution is 4.76. The minimum atomic E-state index is -4.40. The SMILES string of the molecule is CC1(C(F)(F)F)OO1.CC1(C)OO1. The largest absolute Gasteiger partial charge is 0.448 e. The van der Waals surface area contributed by atoms with E-state index in [4.69, 9.17) is 0 Å². The van der Waals surface area contributed by atoms with Gasteiger partial charge >= 0.3 is 12.0 Å². The van der Waals surface area contributed by atoms with E-state index in [2.05, 4.69) is 19.6 Å². The molecule has 78 valence electrons. The molecule has 7 heteroatoms. The number of rotatable bonds is 0. The molecule has 2 heterocycles. The minimum Gasteiger partial charge on any atom is -0.196 e. The molecule has 0 bridgehead atoms. The molecule has 0 aromatic carbocycles. The van der Waals surface area contributed by atoms with Crippen LogP contribution in [0.25, 0.3) is 0 Å². The summed E-state index contributed by atoms with van der Waals surface area (Å²) >= 11 is 0. The fraction of sp³-hybridized carbons (Fsp3) is 1.00. The summed E-state index contributed by atoms with van der Waals surface area (Å²) in [5.41, 5.74) is 0. The molecule has 4 nitrogen and oxygen atoms in total. The lowest BCUT2D eigenvalue weighted by atomic mass is 10.3. The predicted molar refractivity (Wildman–Crippen MR) is 32.9 cm³/mol. The first-order valence-electron chi connectivity index (χ1n) is 3.47. The first-order valence-corrected chi connectivity index (χ1v) is 3.47. The molecular formula is C6H9F3O4. The molecule has 0 aliphatic carbocycles. The summed E-state index contributed by atoms with van der Waals surface area (Å²) in [4.78, 5) is 16.1. The molecule has 0 radical (unpaired) electrons. The van der Waals surface area contributed by atoms with Gasteiger partial charge in [-0.2, -0.15) is 32.7 Å². The summed E-state index contributed by atoms with van der Waals surface area (Å²) < 4.78 is 34.1. The van der Waals surface area contributed by atoms with Crippen LogP contribution in [0.5, 0.6) is 0 Å². The third-order valence-corrected chi connectivity index (χ3v) is 1.26. The number of halogens is 3. The zero-order chi connectivity index (χ0) is 10.3. The van der Waals surface area contributed by atoms with Gasteiger partial charge in [0, 0.05) is 6.92 Å². The van der Waals surface area contributed by atoms with Gasteiger partial charge in [-0.25, -0.2) is 0 Å². The van der Waals surface area contributed by atoms with Gasteiger partial charge in [-0.3, -0.25) is 0 Å². The highest BCUT2D eigenvalue weighted by atomic mass is 19.4. The van der Waals surface area contributed by atoms with Gasteiger partial charge in [0.25, 0.3) is 0 Å². The van der Waals surface area contributed by atoms with Crippen molar-refractivity contribution in [1.82, 2.24) is 0 Å². The number of hydrogen-bond acceptors (Lipinski definition) is 4. The van der Waals surface area contributed by atoms with Crippen molar-refractivity contribution >= 4 is 0 Å². The molecule has 0 N–H and O–H groups in total. The summed E-state index contributed by atoms with van der Waals surface area (Å²) in [6.45, 7) is 4.52. The first kappa shape index (κ1) is 10.7. The number of hydrogen-bond donors (Lipinski definition) is 0. The van der Waals surface area contributed by atoms with Crippen molar-refractivity contribution in [2.75, 3.05) is 0 Å². The predicted octanol–water partition coefficient (Wildman–Crippen LogP) is 1.91. The Morgan fingerprint density at radius 2 is 1.15 bits per heavy atom. The first-order chi connectivity index (χ1) is 5.66. The normalized spacial score (nSPS) is 27.2. The fourth-order valence-electron chi connectivity index (χ4n) is 0.240. The summed E-state index contributed by atoms with van der Waals surface area (Å²) in [7, 11) is 0. The molecule has 0 unspecified atom stereocenters. The average Bonchev–Trinajstić information content (AvgIpc) is 2.75. The molecule has 2 rings (SSSR count). The maximum atomic E-state index is 11.4. The quantitative estimate of drug-likeness (QED) is 0.444. The van der Waals surface area contributed by atoms with Gasteiger partial charge in [0.2, 0.25) is 5.79 Å². The molecule has 0 saturated carbocycles. The molecule has 0 aromatic rings. The molecule has 2 saturated heterocycles. The van der Waals surface area contributed by atoms with Crippen LogP contribution in [0, 0.1) is 0 Å². The topological polar surface area (TPSA) is 50.1 Å². The Balaban J connectivity index is 0.000000145. The van der Waals surface area contributed by atoms with E-state index in [0.29, 0.717) is 0 Å². The number of alkyl halides is 3. The van der Waals surface area contributed by atoms with E-state index >= 15 is 0 Å². The van der Waals surface area contributed by atoms with Crippen molar-refractivity contribution in [1.29, 1.82) is 0 Å². The third-order valence-electron chi connectivity index (χ3n) is 1.26. The van der Waals surface area contributed by atoms with Crippen LogP contribution in [0.15, 0.2) is 0 Å². The maximum absolute atomic E-state index is 11.4. The van der Waals surface area contributed by atoms with E-state index in [1.165, 1.54) is 0 Å². The van der Waals surface area contributed by atoms with Crippen LogP contribution in [0.2, 0.25) is 0 Å². The van der Waals surface area contributed by atoms with Crippen molar-refractivity contribution in [2.45, 2.75) is 38.5 Å². The molecule has 0 amide bonds. The smallest absolute Gasteiger partial charge is 0.196 e. The summed E-state index contributed by atoms with van der Waals surface area (Å²) in [5.74, 6) is -2.56. The lowest BCUT2D eigenvalue weighted by Gasteiger charge is -2.03. The maximum Gasteiger partial charge on any atom is 0.448 e. The lowest BCUT2D eigenvalue weighted by molar-refractivity contribution is -0.185. The van der Waals surface area contributed by atoms with Crippen molar-refractivity contribution < 1.29 is 32.7 Å². The Bertz CT molecular complexity index is 187. The Labute approximate surface area is 72.4 Å². The van der Waals surface area contributed by atoms with Crippen molar-refractivity contribution in [2.24, 2.45) is 0 Å². The Morgan fingerprint density at radius 1 is 0.846 bits per heavy atom. The molecular weight excluding hydrogens is 193 g/mol. The monoisotopic (exact) mass is 202 g/mol. The van der Waals surface area contributed by atoms with Crippen LogP contribution >= 0.6 is 0 Å². The van der Waals surface area contributed by atoms with E-state index in [-0.39, 0.29) is 5.79 Å². The van der Waals surface area contributed by atoms with Gasteiger partial charge in [-0.1, -0.05) is 0 Å². The molecule has 13 heavy (non-hydrogen) atoms.